The molecular formula is C4H13NP2. The summed E-state index contributed by atoms with van der Waals surface area (Å²) < 4.78 is 0. The van der Waals surface area contributed by atoms with Crippen LogP contribution in [0.1, 0.15) is 6.92 Å². The first-order chi connectivity index (χ1) is 3.41. The van der Waals surface area contributed by atoms with Crippen LogP contribution in [0, 0.1) is 0 Å². The van der Waals surface area contributed by atoms with E-state index < -0.39 is 0 Å². The van der Waals surface area contributed by atoms with Crippen molar-refractivity contribution >= 4 is 18.0 Å². The van der Waals surface area contributed by atoms with Gasteiger partial charge in [0.05, 0.1) is 0 Å². The molecule has 0 saturated carbocycles. The highest BCUT2D eigenvalue weighted by Gasteiger charge is 1.76. The molecule has 7 heavy (non-hydrogen) atoms. The molecule has 0 amide bonds. The Morgan fingerprint density at radius 3 is 2.86 bits per heavy atom. The maximum Gasteiger partial charge on any atom is 0.00225 e. The fourth-order valence-electron chi connectivity index (χ4n) is 0.286. The van der Waals surface area contributed by atoms with Crippen molar-refractivity contribution in [2.75, 3.05) is 18.9 Å². The van der Waals surface area contributed by atoms with Crippen molar-refractivity contribution in [1.29, 1.82) is 0 Å². The Kier molecular flexibility index (Phi) is 7.62. The molecule has 1 N–H and O–H groups in total. The van der Waals surface area contributed by atoms with Gasteiger partial charge in [0.1, 0.15) is 0 Å². The largest absolute Gasteiger partial charge is 0.298 e. The molecule has 0 heterocycles. The number of hydrogen-bond acceptors (Lipinski definition) is 1. The van der Waals surface area contributed by atoms with Gasteiger partial charge < -0.3 is 0 Å². The molecule has 0 bridgehead atoms. The molecule has 0 rings (SSSR count). The summed E-state index contributed by atoms with van der Waals surface area (Å²) >= 11 is 0. The zero-order valence-electron chi connectivity index (χ0n) is 4.70. The second-order valence-corrected chi connectivity index (χ2v) is 3.24. The van der Waals surface area contributed by atoms with Crippen LogP contribution >= 0.6 is 18.0 Å². The monoisotopic (exact) mass is 137 g/mol. The third kappa shape index (κ3) is 6.82. The molecule has 0 aliphatic heterocycles. The zero-order chi connectivity index (χ0) is 5.54. The van der Waals surface area contributed by atoms with E-state index in [9.17, 15) is 0 Å². The minimum absolute atomic E-state index is 0.958. The second-order valence-electron chi connectivity index (χ2n) is 1.25. The molecule has 2 atom stereocenters. The molecule has 3 heteroatoms. The van der Waals surface area contributed by atoms with Crippen LogP contribution in [0.2, 0.25) is 0 Å². The molecule has 44 valence electrons. The highest BCUT2D eigenvalue weighted by atomic mass is 31.1. The van der Waals surface area contributed by atoms with Crippen LogP contribution in [-0.4, -0.2) is 18.9 Å². The fourth-order valence-corrected chi connectivity index (χ4v) is 1.29. The minimum Gasteiger partial charge on any atom is -0.298 e. The van der Waals surface area contributed by atoms with Crippen molar-refractivity contribution in [2.24, 2.45) is 0 Å². The lowest BCUT2D eigenvalue weighted by molar-refractivity contribution is 1.04. The first-order valence-electron chi connectivity index (χ1n) is 2.57. The smallest absolute Gasteiger partial charge is 0.00225 e. The first kappa shape index (κ1) is 7.82. The van der Waals surface area contributed by atoms with E-state index in [1.165, 1.54) is 12.3 Å². The Morgan fingerprint density at radius 2 is 2.43 bits per heavy atom. The van der Waals surface area contributed by atoms with Gasteiger partial charge in [0.25, 0.3) is 0 Å². The van der Waals surface area contributed by atoms with E-state index in [0.29, 0.717) is 0 Å². The van der Waals surface area contributed by atoms with Crippen molar-refractivity contribution < 1.29 is 0 Å². The summed E-state index contributed by atoms with van der Waals surface area (Å²) in [5.41, 5.74) is 0. The summed E-state index contributed by atoms with van der Waals surface area (Å²) in [6.45, 7) is 3.34. The van der Waals surface area contributed by atoms with Crippen molar-refractivity contribution in [3.63, 3.8) is 0 Å². The molecule has 0 aliphatic carbocycles. The van der Waals surface area contributed by atoms with Crippen LogP contribution in [-0.2, 0) is 0 Å². The van der Waals surface area contributed by atoms with Crippen molar-refractivity contribution in [1.82, 2.24) is 5.09 Å². The summed E-state index contributed by atoms with van der Waals surface area (Å²) in [6.07, 6.45) is 2.44. The third-order valence-corrected chi connectivity index (χ3v) is 1.71. The SMILES string of the molecule is CCPNCCP. The van der Waals surface area contributed by atoms with Crippen molar-refractivity contribution in [3.05, 3.63) is 0 Å². The van der Waals surface area contributed by atoms with Gasteiger partial charge in [-0.1, -0.05) is 15.7 Å². The molecule has 0 aromatic heterocycles. The van der Waals surface area contributed by atoms with E-state index in [-0.39, 0.29) is 0 Å². The van der Waals surface area contributed by atoms with Gasteiger partial charge in [0.15, 0.2) is 0 Å². The fraction of sp³-hybridized carbons (Fsp3) is 1.00. The van der Waals surface area contributed by atoms with Gasteiger partial charge in [0.2, 0.25) is 0 Å². The Labute approximate surface area is 49.7 Å². The minimum atomic E-state index is 0.958. The number of nitrogens with one attached hydrogen (secondary N) is 1. The van der Waals surface area contributed by atoms with E-state index >= 15 is 0 Å². The summed E-state index contributed by atoms with van der Waals surface area (Å²) in [4.78, 5) is 0. The van der Waals surface area contributed by atoms with E-state index in [1.54, 1.807) is 0 Å². The predicted octanol–water partition coefficient (Wildman–Crippen LogP) is 1.06. The molecule has 0 spiro atoms. The van der Waals surface area contributed by atoms with Gasteiger partial charge in [-0.3, -0.25) is 5.09 Å². The Morgan fingerprint density at radius 1 is 1.71 bits per heavy atom. The molecule has 0 radical (unpaired) electrons. The van der Waals surface area contributed by atoms with Crippen LogP contribution in [0.3, 0.4) is 0 Å². The molecule has 0 aromatic carbocycles. The van der Waals surface area contributed by atoms with E-state index in [4.69, 9.17) is 0 Å². The topological polar surface area (TPSA) is 12.0 Å². The zero-order valence-corrected chi connectivity index (χ0v) is 6.85. The lowest BCUT2D eigenvalue weighted by atomic mass is 10.8. The van der Waals surface area contributed by atoms with Crippen LogP contribution in [0.15, 0.2) is 0 Å². The Balaban J connectivity index is 2.45. The lowest BCUT2D eigenvalue weighted by Gasteiger charge is -1.95. The van der Waals surface area contributed by atoms with E-state index in [2.05, 4.69) is 21.3 Å². The average Bonchev–Trinajstić information content (AvgIpc) is 1.69. The Hall–Kier alpha value is 0.820. The van der Waals surface area contributed by atoms with Crippen molar-refractivity contribution in [3.8, 4) is 0 Å². The lowest BCUT2D eigenvalue weighted by Crippen LogP contribution is -2.03. The molecule has 2 unspecified atom stereocenters. The van der Waals surface area contributed by atoms with Gasteiger partial charge in [-0.25, -0.2) is 0 Å². The van der Waals surface area contributed by atoms with E-state index in [0.717, 1.165) is 15.3 Å². The molecule has 0 aromatic rings. The number of hydrogen-bond donors (Lipinski definition) is 1. The first-order valence-corrected chi connectivity index (χ1v) is 4.60. The molecule has 0 saturated heterocycles. The summed E-state index contributed by atoms with van der Waals surface area (Å²) in [6, 6.07) is 0. The quantitative estimate of drug-likeness (QED) is 0.451. The van der Waals surface area contributed by atoms with Crippen molar-refractivity contribution in [2.45, 2.75) is 6.92 Å². The summed E-state index contributed by atoms with van der Waals surface area (Å²) in [5.74, 6) is 0. The van der Waals surface area contributed by atoms with Gasteiger partial charge >= 0.3 is 0 Å². The summed E-state index contributed by atoms with van der Waals surface area (Å²) in [7, 11) is 3.65. The average molecular weight is 137 g/mol. The number of rotatable bonds is 4. The predicted molar refractivity (Wildman–Crippen MR) is 41.4 cm³/mol. The second kappa shape index (κ2) is 6.82. The van der Waals surface area contributed by atoms with Crippen LogP contribution in [0.5, 0.6) is 0 Å². The highest BCUT2D eigenvalue weighted by molar-refractivity contribution is 7.35. The maximum absolute atomic E-state index is 3.29. The Bertz CT molecular complexity index is 28.9. The van der Waals surface area contributed by atoms with E-state index in [1.807, 2.05) is 0 Å². The summed E-state index contributed by atoms with van der Waals surface area (Å²) in [5, 5.41) is 3.29. The normalized spacial score (nSPS) is 11.1. The molecule has 0 aliphatic rings. The maximum atomic E-state index is 3.29. The standard InChI is InChI=1S/C4H13NP2/c1-2-7-5-3-4-6/h5,7H,2-4,6H2,1H3. The van der Waals surface area contributed by atoms with Gasteiger partial charge in [-0.15, -0.1) is 9.24 Å². The van der Waals surface area contributed by atoms with Crippen LogP contribution in [0.4, 0.5) is 0 Å². The van der Waals surface area contributed by atoms with Crippen LogP contribution in [0.25, 0.3) is 0 Å². The molecular weight excluding hydrogens is 124 g/mol. The van der Waals surface area contributed by atoms with Gasteiger partial charge in [0, 0.05) is 6.54 Å². The van der Waals surface area contributed by atoms with Gasteiger partial charge in [-0.2, -0.15) is 0 Å². The van der Waals surface area contributed by atoms with Crippen LogP contribution < -0.4 is 5.09 Å². The third-order valence-electron chi connectivity index (χ3n) is 0.571. The van der Waals surface area contributed by atoms with Gasteiger partial charge in [-0.05, 0) is 12.3 Å². The molecule has 1 nitrogen and oxygen atoms in total. The molecule has 0 fully saturated rings. The highest BCUT2D eigenvalue weighted by Crippen LogP contribution is 1.98.